The van der Waals surface area contributed by atoms with Gasteiger partial charge in [-0.1, -0.05) is 0 Å². The predicted molar refractivity (Wildman–Crippen MR) is 72.2 cm³/mol. The molecular formula is C13H18N4O2. The van der Waals surface area contributed by atoms with Crippen LogP contribution in [0, 0.1) is 23.0 Å². The van der Waals surface area contributed by atoms with Gasteiger partial charge < -0.3 is 10.2 Å². The van der Waals surface area contributed by atoms with Crippen molar-refractivity contribution in [1.29, 1.82) is 0 Å². The van der Waals surface area contributed by atoms with Crippen molar-refractivity contribution in [2.75, 3.05) is 25.0 Å². The summed E-state index contributed by atoms with van der Waals surface area (Å²) in [7, 11) is 0. The molecule has 102 valence electrons. The molecule has 3 saturated heterocycles. The maximum Gasteiger partial charge on any atom is 0.277 e. The van der Waals surface area contributed by atoms with Gasteiger partial charge >= 0.3 is 0 Å². The Labute approximate surface area is 112 Å². The number of hydrogen-bond acceptors (Lipinski definition) is 5. The minimum Gasteiger partial charge on any atom is -0.366 e. The van der Waals surface area contributed by atoms with Gasteiger partial charge in [0.15, 0.2) is 0 Å². The fraction of sp³-hybridized carbons (Fsp3) is 0.615. The Hall–Kier alpha value is -1.69. The van der Waals surface area contributed by atoms with E-state index in [0.29, 0.717) is 23.3 Å². The van der Waals surface area contributed by atoms with Crippen LogP contribution in [0.3, 0.4) is 0 Å². The van der Waals surface area contributed by atoms with Crippen molar-refractivity contribution in [3.05, 3.63) is 27.9 Å². The predicted octanol–water partition coefficient (Wildman–Crippen LogP) is 1.80. The van der Waals surface area contributed by atoms with E-state index in [9.17, 15) is 10.1 Å². The monoisotopic (exact) mass is 262 g/mol. The summed E-state index contributed by atoms with van der Waals surface area (Å²) in [5.74, 6) is 1.29. The molecule has 6 nitrogen and oxygen atoms in total. The molecule has 0 spiro atoms. The zero-order valence-electron chi connectivity index (χ0n) is 11.0. The van der Waals surface area contributed by atoms with Gasteiger partial charge in [-0.15, -0.1) is 0 Å². The van der Waals surface area contributed by atoms with Gasteiger partial charge in [-0.05, 0) is 38.8 Å². The lowest BCUT2D eigenvalue weighted by atomic mass is 9.84. The number of nitrogens with zero attached hydrogens (tertiary/aromatic N) is 3. The fourth-order valence-corrected chi connectivity index (χ4v) is 3.11. The van der Waals surface area contributed by atoms with Crippen LogP contribution in [-0.2, 0) is 0 Å². The molecule has 1 aromatic rings. The highest BCUT2D eigenvalue weighted by Crippen LogP contribution is 2.30. The van der Waals surface area contributed by atoms with Gasteiger partial charge in [0, 0.05) is 24.3 Å². The number of hydrogen-bond donors (Lipinski definition) is 1. The Kier molecular flexibility index (Phi) is 3.10. The quantitative estimate of drug-likeness (QED) is 0.664. The Bertz CT molecular complexity index is 497. The fourth-order valence-electron chi connectivity index (χ4n) is 3.11. The minimum atomic E-state index is -0.348. The van der Waals surface area contributed by atoms with E-state index in [-0.39, 0.29) is 10.6 Å². The molecule has 3 aliphatic heterocycles. The molecular weight excluding hydrogens is 244 g/mol. The van der Waals surface area contributed by atoms with Gasteiger partial charge in [0.2, 0.25) is 0 Å². The zero-order chi connectivity index (χ0) is 13.4. The number of aromatic nitrogens is 1. The molecule has 0 saturated carbocycles. The lowest BCUT2D eigenvalue weighted by Crippen LogP contribution is -2.53. The molecule has 2 bridgehead atoms. The molecule has 0 amide bonds. The minimum absolute atomic E-state index is 0.138. The van der Waals surface area contributed by atoms with Crippen molar-refractivity contribution in [2.45, 2.75) is 25.8 Å². The maximum atomic E-state index is 10.9. The van der Waals surface area contributed by atoms with E-state index in [4.69, 9.17) is 0 Å². The second-order valence-corrected chi connectivity index (χ2v) is 5.50. The summed E-state index contributed by atoms with van der Waals surface area (Å²) in [5, 5.41) is 14.3. The van der Waals surface area contributed by atoms with Crippen LogP contribution in [0.1, 0.15) is 18.4 Å². The van der Waals surface area contributed by atoms with Crippen LogP contribution < -0.4 is 5.32 Å². The first kappa shape index (κ1) is 12.3. The molecule has 6 heteroatoms. The number of piperidine rings is 3. The molecule has 0 radical (unpaired) electrons. The molecule has 19 heavy (non-hydrogen) atoms. The Morgan fingerprint density at radius 2 is 2.21 bits per heavy atom. The van der Waals surface area contributed by atoms with Gasteiger partial charge in [-0.2, -0.15) is 0 Å². The van der Waals surface area contributed by atoms with Crippen LogP contribution in [0.2, 0.25) is 0 Å². The average molecular weight is 262 g/mol. The van der Waals surface area contributed by atoms with Gasteiger partial charge in [-0.25, -0.2) is 4.98 Å². The number of nitrogens with one attached hydrogen (secondary N) is 1. The van der Waals surface area contributed by atoms with Crippen LogP contribution in [-0.4, -0.2) is 40.5 Å². The number of anilines is 1. The highest BCUT2D eigenvalue weighted by molar-refractivity contribution is 5.49. The highest BCUT2D eigenvalue weighted by Gasteiger charge is 2.34. The number of fused-ring (bicyclic) bond motifs is 3. The number of nitro groups is 1. The summed E-state index contributed by atoms with van der Waals surface area (Å²) in [5.41, 5.74) is 0.739. The van der Waals surface area contributed by atoms with Gasteiger partial charge in [-0.3, -0.25) is 10.1 Å². The van der Waals surface area contributed by atoms with E-state index >= 15 is 0 Å². The van der Waals surface area contributed by atoms with Crippen molar-refractivity contribution < 1.29 is 4.92 Å². The van der Waals surface area contributed by atoms with E-state index in [2.05, 4.69) is 15.2 Å². The number of aryl methyl sites for hydroxylation is 1. The first-order valence-corrected chi connectivity index (χ1v) is 6.73. The first-order chi connectivity index (χ1) is 9.13. The Morgan fingerprint density at radius 3 is 2.79 bits per heavy atom. The van der Waals surface area contributed by atoms with Crippen molar-refractivity contribution in [3.8, 4) is 0 Å². The Morgan fingerprint density at radius 1 is 1.47 bits per heavy atom. The summed E-state index contributed by atoms with van der Waals surface area (Å²) in [6, 6.07) is 1.92. The van der Waals surface area contributed by atoms with Crippen molar-refractivity contribution in [1.82, 2.24) is 9.88 Å². The second-order valence-electron chi connectivity index (χ2n) is 5.50. The van der Waals surface area contributed by atoms with E-state index in [1.807, 2.05) is 0 Å². The topological polar surface area (TPSA) is 71.3 Å². The van der Waals surface area contributed by atoms with Gasteiger partial charge in [0.25, 0.3) is 5.69 Å². The number of pyridine rings is 1. The smallest absolute Gasteiger partial charge is 0.277 e. The normalized spacial score (nSPS) is 29.2. The van der Waals surface area contributed by atoms with E-state index in [1.54, 1.807) is 19.2 Å². The Balaban J connectivity index is 1.76. The van der Waals surface area contributed by atoms with Crippen molar-refractivity contribution >= 4 is 11.5 Å². The molecule has 1 atom stereocenters. The molecule has 4 heterocycles. The van der Waals surface area contributed by atoms with E-state index in [1.165, 1.54) is 25.9 Å². The summed E-state index contributed by atoms with van der Waals surface area (Å²) >= 11 is 0. The molecule has 4 rings (SSSR count). The standard InChI is InChI=1S/C13H18N4O2/c1-9-7-14-13(6-12(9)17(18)19)15-11-8-16-4-2-10(11)3-5-16/h6-7,10-11H,2-5,8H2,1H3,(H,14,15). The SMILES string of the molecule is Cc1cnc(NC2CN3CCC2CC3)cc1[N+](=O)[O-]. The molecule has 0 aliphatic carbocycles. The summed E-state index contributed by atoms with van der Waals surface area (Å²) in [6.07, 6.45) is 4.00. The molecule has 3 aliphatic rings. The zero-order valence-corrected chi connectivity index (χ0v) is 11.0. The van der Waals surface area contributed by atoms with Gasteiger partial charge in [0.1, 0.15) is 5.82 Å². The molecule has 0 aromatic carbocycles. The summed E-state index contributed by atoms with van der Waals surface area (Å²) < 4.78 is 0. The van der Waals surface area contributed by atoms with Crippen LogP contribution >= 0.6 is 0 Å². The molecule has 1 N–H and O–H groups in total. The third-order valence-electron chi connectivity index (χ3n) is 4.26. The van der Waals surface area contributed by atoms with Crippen LogP contribution in [0.5, 0.6) is 0 Å². The second kappa shape index (κ2) is 4.77. The largest absolute Gasteiger partial charge is 0.366 e. The van der Waals surface area contributed by atoms with Crippen LogP contribution in [0.15, 0.2) is 12.3 Å². The van der Waals surface area contributed by atoms with Gasteiger partial charge in [0.05, 0.1) is 11.0 Å². The molecule has 3 fully saturated rings. The lowest BCUT2D eigenvalue weighted by Gasteiger charge is -2.45. The maximum absolute atomic E-state index is 10.9. The molecule has 1 aromatic heterocycles. The van der Waals surface area contributed by atoms with Crippen molar-refractivity contribution in [3.63, 3.8) is 0 Å². The third-order valence-corrected chi connectivity index (χ3v) is 4.26. The van der Waals surface area contributed by atoms with Crippen LogP contribution in [0.4, 0.5) is 11.5 Å². The first-order valence-electron chi connectivity index (χ1n) is 6.73. The lowest BCUT2D eigenvalue weighted by molar-refractivity contribution is -0.385. The van der Waals surface area contributed by atoms with Crippen molar-refractivity contribution in [2.24, 2.45) is 5.92 Å². The van der Waals surface area contributed by atoms with Crippen LogP contribution in [0.25, 0.3) is 0 Å². The molecule has 1 unspecified atom stereocenters. The van der Waals surface area contributed by atoms with E-state index < -0.39 is 0 Å². The third kappa shape index (κ3) is 2.40. The van der Waals surface area contributed by atoms with E-state index in [0.717, 1.165) is 6.54 Å². The average Bonchev–Trinajstić information content (AvgIpc) is 2.42. The highest BCUT2D eigenvalue weighted by atomic mass is 16.6. The summed E-state index contributed by atoms with van der Waals surface area (Å²) in [6.45, 7) is 5.10. The summed E-state index contributed by atoms with van der Waals surface area (Å²) in [4.78, 5) is 17.3. The number of rotatable bonds is 3.